The number of nitrogens with one attached hydrogen (secondary N) is 1. The second-order valence-electron chi connectivity index (χ2n) is 8.32. The monoisotopic (exact) mass is 525 g/mol. The molecule has 6 rings (SSSR count). The number of aromatic amines is 1. The van der Waals surface area contributed by atoms with Crippen molar-refractivity contribution in [2.24, 2.45) is 0 Å². The van der Waals surface area contributed by atoms with Gasteiger partial charge in [0.2, 0.25) is 0 Å². The van der Waals surface area contributed by atoms with E-state index < -0.39 is 23.4 Å². The van der Waals surface area contributed by atoms with Crippen LogP contribution in [0.4, 0.5) is 14.5 Å². The number of H-pyrrole nitrogens is 1. The summed E-state index contributed by atoms with van der Waals surface area (Å²) in [6.07, 6.45) is 5.07. The minimum absolute atomic E-state index is 0.0174. The van der Waals surface area contributed by atoms with Gasteiger partial charge in [0, 0.05) is 39.0 Å². The molecule has 3 N–H and O–H groups in total. The zero-order valence-electron chi connectivity index (χ0n) is 17.7. The smallest absolute Gasteiger partial charge is 0.272 e. The van der Waals surface area contributed by atoms with Crippen LogP contribution >= 0.6 is 15.9 Å². The molecular weight excluding hydrogens is 508 g/mol. The lowest BCUT2D eigenvalue weighted by molar-refractivity contribution is -0.0369. The van der Waals surface area contributed by atoms with Gasteiger partial charge >= 0.3 is 0 Å². The highest BCUT2D eigenvalue weighted by atomic mass is 79.9. The summed E-state index contributed by atoms with van der Waals surface area (Å²) < 4.78 is 37.9. The average Bonchev–Trinajstić information content (AvgIpc) is 3.30. The molecule has 34 heavy (non-hydrogen) atoms. The minimum Gasteiger partial charge on any atom is -0.394 e. The Morgan fingerprint density at radius 1 is 1.21 bits per heavy atom. The first-order chi connectivity index (χ1) is 16.5. The third kappa shape index (κ3) is 3.05. The van der Waals surface area contributed by atoms with Gasteiger partial charge in [-0.2, -0.15) is 5.10 Å². The van der Waals surface area contributed by atoms with Crippen LogP contribution in [-0.4, -0.2) is 26.4 Å². The van der Waals surface area contributed by atoms with Crippen molar-refractivity contribution >= 4 is 54.3 Å². The van der Waals surface area contributed by atoms with Gasteiger partial charge in [-0.3, -0.25) is 9.78 Å². The normalized spacial score (nSPS) is 16.6. The van der Waals surface area contributed by atoms with E-state index in [1.54, 1.807) is 18.3 Å². The van der Waals surface area contributed by atoms with Crippen molar-refractivity contribution < 1.29 is 13.5 Å². The molecule has 7 nitrogen and oxygen atoms in total. The molecule has 0 bridgehead atoms. The predicted molar refractivity (Wildman–Crippen MR) is 129 cm³/mol. The van der Waals surface area contributed by atoms with Crippen molar-refractivity contribution in [3.8, 4) is 11.1 Å². The van der Waals surface area contributed by atoms with Crippen LogP contribution in [0, 0.1) is 11.6 Å². The van der Waals surface area contributed by atoms with Crippen LogP contribution in [0.25, 0.3) is 43.8 Å². The first-order valence-electron chi connectivity index (χ1n) is 10.8. The molecule has 2 aromatic carbocycles. The number of nitrogens with two attached hydrogens (primary N) is 1. The van der Waals surface area contributed by atoms with Crippen LogP contribution in [0.2, 0.25) is 0 Å². The number of hydrogen-bond acceptors (Lipinski definition) is 5. The Bertz CT molecular complexity index is 1670. The van der Waals surface area contributed by atoms with E-state index in [0.29, 0.717) is 50.3 Å². The van der Waals surface area contributed by atoms with E-state index in [1.807, 2.05) is 6.07 Å². The Labute approximate surface area is 199 Å². The molecule has 3 aromatic heterocycles. The molecule has 1 atom stereocenters. The largest absolute Gasteiger partial charge is 0.394 e. The second kappa shape index (κ2) is 7.85. The van der Waals surface area contributed by atoms with E-state index in [-0.39, 0.29) is 16.8 Å². The van der Waals surface area contributed by atoms with Crippen LogP contribution in [0.5, 0.6) is 0 Å². The van der Waals surface area contributed by atoms with Crippen molar-refractivity contribution in [1.82, 2.24) is 19.7 Å². The van der Waals surface area contributed by atoms with Gasteiger partial charge in [0.05, 0.1) is 17.2 Å². The molecule has 1 unspecified atom stereocenters. The maximum absolute atomic E-state index is 15.1. The molecule has 0 radical (unpaired) electrons. The fraction of sp³-hybridized carbons (Fsp3) is 0.208. The van der Waals surface area contributed by atoms with E-state index in [9.17, 15) is 9.18 Å². The van der Waals surface area contributed by atoms with Gasteiger partial charge in [-0.25, -0.2) is 13.5 Å². The van der Waals surface area contributed by atoms with E-state index in [4.69, 9.17) is 10.5 Å². The van der Waals surface area contributed by atoms with Gasteiger partial charge in [0.1, 0.15) is 11.2 Å². The molecule has 172 valence electrons. The number of halogens is 3. The number of pyridine rings is 2. The van der Waals surface area contributed by atoms with Crippen molar-refractivity contribution in [3.05, 3.63) is 63.1 Å². The van der Waals surface area contributed by atoms with E-state index >= 15 is 4.39 Å². The zero-order valence-corrected chi connectivity index (χ0v) is 19.3. The molecular formula is C24H18BrF2N5O2. The van der Waals surface area contributed by atoms with E-state index in [0.717, 1.165) is 18.9 Å². The molecule has 5 aromatic rings. The van der Waals surface area contributed by atoms with Crippen LogP contribution < -0.4 is 11.3 Å². The molecule has 0 amide bonds. The average molecular weight is 526 g/mol. The number of benzene rings is 2. The number of hydrogen-bond donors (Lipinski definition) is 2. The standard InChI is InChI=1S/C24H18BrF2N5O2/c25-15-8-13-18(20(28)24(33)31-21(13)11-4-3-6-29-22(11)15)12-9-16(26)19(27)23-14(12)10-30-32(23)17-5-1-2-7-34-17/h3-4,6,8-10,17H,1-2,5,7,28H2,(H,31,33). The lowest BCUT2D eigenvalue weighted by Crippen LogP contribution is -2.19. The highest BCUT2D eigenvalue weighted by Crippen LogP contribution is 2.41. The van der Waals surface area contributed by atoms with Crippen molar-refractivity contribution in [2.75, 3.05) is 12.3 Å². The maximum atomic E-state index is 15.1. The topological polar surface area (TPSA) is 98.8 Å². The van der Waals surface area contributed by atoms with Crippen molar-refractivity contribution in [3.63, 3.8) is 0 Å². The number of rotatable bonds is 2. The highest BCUT2D eigenvalue weighted by molar-refractivity contribution is 9.10. The van der Waals surface area contributed by atoms with Crippen molar-refractivity contribution in [2.45, 2.75) is 25.5 Å². The Kier molecular flexibility index (Phi) is 4.89. The SMILES string of the molecule is Nc1c(-c2cc(F)c(F)c3c2cnn3C2CCCCO2)c2cc(Br)c3ncccc3c2[nH]c1=O. The fourth-order valence-electron chi connectivity index (χ4n) is 4.77. The Hall–Kier alpha value is -3.37. The molecule has 1 fully saturated rings. The fourth-order valence-corrected chi connectivity index (χ4v) is 5.32. The van der Waals surface area contributed by atoms with Gasteiger partial charge in [-0.05, 0) is 65.0 Å². The van der Waals surface area contributed by atoms with Gasteiger partial charge in [0.25, 0.3) is 5.56 Å². The van der Waals surface area contributed by atoms with Gasteiger partial charge < -0.3 is 15.5 Å². The minimum atomic E-state index is -1.06. The Balaban J connectivity index is 1.73. The summed E-state index contributed by atoms with van der Waals surface area (Å²) in [5.41, 5.74) is 7.35. The van der Waals surface area contributed by atoms with Gasteiger partial charge in [-0.15, -0.1) is 0 Å². The van der Waals surface area contributed by atoms with Crippen LogP contribution in [0.3, 0.4) is 0 Å². The van der Waals surface area contributed by atoms with Gasteiger partial charge in [-0.1, -0.05) is 0 Å². The van der Waals surface area contributed by atoms with Crippen LogP contribution in [0.15, 0.2) is 45.9 Å². The van der Waals surface area contributed by atoms with Crippen LogP contribution in [0.1, 0.15) is 25.5 Å². The number of nitrogens with zero attached hydrogens (tertiary/aromatic N) is 3. The molecule has 1 saturated heterocycles. The quantitative estimate of drug-likeness (QED) is 0.300. The number of aromatic nitrogens is 4. The maximum Gasteiger partial charge on any atom is 0.272 e. The molecule has 1 aliphatic rings. The molecule has 1 aliphatic heterocycles. The molecule has 10 heteroatoms. The third-order valence-electron chi connectivity index (χ3n) is 6.34. The van der Waals surface area contributed by atoms with Crippen LogP contribution in [-0.2, 0) is 4.74 Å². The van der Waals surface area contributed by atoms with Crippen molar-refractivity contribution in [1.29, 1.82) is 0 Å². The number of nitrogen functional groups attached to an aromatic ring is 1. The van der Waals surface area contributed by atoms with Gasteiger partial charge in [0.15, 0.2) is 17.9 Å². The first-order valence-corrected chi connectivity index (χ1v) is 11.6. The lowest BCUT2D eigenvalue weighted by Gasteiger charge is -2.23. The highest BCUT2D eigenvalue weighted by Gasteiger charge is 2.26. The lowest BCUT2D eigenvalue weighted by atomic mass is 9.95. The summed E-state index contributed by atoms with van der Waals surface area (Å²) in [5, 5.41) is 5.95. The number of fused-ring (bicyclic) bond motifs is 4. The first kappa shape index (κ1) is 21.2. The molecule has 0 spiro atoms. The van der Waals surface area contributed by atoms with E-state index in [1.165, 1.54) is 10.9 Å². The zero-order chi connectivity index (χ0) is 23.6. The van der Waals surface area contributed by atoms with E-state index in [2.05, 4.69) is 31.0 Å². The molecule has 0 aliphatic carbocycles. The molecule has 0 saturated carbocycles. The summed E-state index contributed by atoms with van der Waals surface area (Å²) in [6, 6.07) is 6.42. The Morgan fingerprint density at radius 3 is 2.85 bits per heavy atom. The summed E-state index contributed by atoms with van der Waals surface area (Å²) in [7, 11) is 0. The summed E-state index contributed by atoms with van der Waals surface area (Å²) in [5.74, 6) is -2.08. The number of anilines is 1. The third-order valence-corrected chi connectivity index (χ3v) is 6.94. The molecule has 4 heterocycles. The second-order valence-corrected chi connectivity index (χ2v) is 9.17. The summed E-state index contributed by atoms with van der Waals surface area (Å²) >= 11 is 3.54. The Morgan fingerprint density at radius 2 is 2.06 bits per heavy atom. The predicted octanol–water partition coefficient (Wildman–Crippen LogP) is 5.42. The number of ether oxygens (including phenoxy) is 1. The summed E-state index contributed by atoms with van der Waals surface area (Å²) in [4.78, 5) is 20.1. The summed E-state index contributed by atoms with van der Waals surface area (Å²) in [6.45, 7) is 0.524.